The lowest BCUT2D eigenvalue weighted by Crippen LogP contribution is -2.48. The maximum atomic E-state index is 13.9. The molecular formula is C19H19FN6O2. The molecule has 0 saturated heterocycles. The van der Waals surface area contributed by atoms with E-state index in [2.05, 4.69) is 25.3 Å². The minimum atomic E-state index is -0.632. The number of halogens is 1. The van der Waals surface area contributed by atoms with Crippen LogP contribution >= 0.6 is 0 Å². The van der Waals surface area contributed by atoms with Gasteiger partial charge in [-0.2, -0.15) is 14.4 Å². The number of nitrogens with zero attached hydrogens (tertiary/aromatic N) is 4. The van der Waals surface area contributed by atoms with Crippen LogP contribution in [0.15, 0.2) is 30.7 Å². The van der Waals surface area contributed by atoms with Crippen molar-refractivity contribution in [2.75, 3.05) is 12.4 Å². The number of hydrogen-bond donors (Lipinski definition) is 3. The highest BCUT2D eigenvalue weighted by molar-refractivity contribution is 5.97. The Morgan fingerprint density at radius 3 is 2.93 bits per heavy atom. The number of H-pyrrole nitrogens is 1. The van der Waals surface area contributed by atoms with Crippen LogP contribution in [-0.4, -0.2) is 48.2 Å². The van der Waals surface area contributed by atoms with Crippen LogP contribution in [-0.2, 0) is 0 Å². The molecule has 3 N–H and O–H groups in total. The number of hydrogen-bond acceptors (Lipinski definition) is 6. The summed E-state index contributed by atoms with van der Waals surface area (Å²) in [5, 5.41) is 13.8. The predicted octanol–water partition coefficient (Wildman–Crippen LogP) is 2.75. The number of rotatable bonds is 4. The van der Waals surface area contributed by atoms with Crippen molar-refractivity contribution in [1.82, 2.24) is 24.3 Å². The van der Waals surface area contributed by atoms with Crippen LogP contribution in [0.1, 0.15) is 19.8 Å². The van der Waals surface area contributed by atoms with Gasteiger partial charge < -0.3 is 20.1 Å². The van der Waals surface area contributed by atoms with Gasteiger partial charge in [-0.05, 0) is 31.9 Å². The summed E-state index contributed by atoms with van der Waals surface area (Å²) >= 11 is 0. The summed E-state index contributed by atoms with van der Waals surface area (Å²) in [4.78, 5) is 16.2. The number of methoxy groups -OCH3 is 1. The van der Waals surface area contributed by atoms with Crippen molar-refractivity contribution < 1.29 is 14.2 Å². The molecule has 5 rings (SSSR count). The third-order valence-corrected chi connectivity index (χ3v) is 5.17. The zero-order chi connectivity index (χ0) is 19.5. The Balaban J connectivity index is 1.56. The maximum Gasteiger partial charge on any atom is 0.228 e. The molecule has 1 aliphatic rings. The summed E-state index contributed by atoms with van der Waals surface area (Å²) in [5.74, 6) is 0.429. The van der Waals surface area contributed by atoms with E-state index < -0.39 is 11.5 Å². The van der Waals surface area contributed by atoms with Gasteiger partial charge in [0.1, 0.15) is 11.3 Å². The van der Waals surface area contributed by atoms with Gasteiger partial charge in [-0.15, -0.1) is 0 Å². The number of pyridine rings is 1. The molecule has 0 aliphatic heterocycles. The van der Waals surface area contributed by atoms with E-state index >= 15 is 0 Å². The maximum absolute atomic E-state index is 13.9. The molecule has 0 radical (unpaired) electrons. The van der Waals surface area contributed by atoms with Crippen molar-refractivity contribution in [2.45, 2.75) is 31.4 Å². The van der Waals surface area contributed by atoms with Crippen LogP contribution in [0.3, 0.4) is 0 Å². The fourth-order valence-corrected chi connectivity index (χ4v) is 3.84. The molecule has 1 fully saturated rings. The lowest BCUT2D eigenvalue weighted by atomic mass is 9.77. The quantitative estimate of drug-likeness (QED) is 0.502. The molecular weight excluding hydrogens is 363 g/mol. The van der Waals surface area contributed by atoms with E-state index in [9.17, 15) is 9.50 Å². The number of aliphatic hydroxyl groups is 1. The highest BCUT2D eigenvalue weighted by Crippen LogP contribution is 2.36. The lowest BCUT2D eigenvalue weighted by Gasteiger charge is -2.41. The van der Waals surface area contributed by atoms with E-state index in [1.54, 1.807) is 25.6 Å². The average molecular weight is 382 g/mol. The average Bonchev–Trinajstić information content (AvgIpc) is 3.23. The van der Waals surface area contributed by atoms with E-state index in [4.69, 9.17) is 4.74 Å². The van der Waals surface area contributed by atoms with Crippen LogP contribution in [0.2, 0.25) is 0 Å². The van der Waals surface area contributed by atoms with E-state index in [0.717, 1.165) is 11.1 Å². The molecule has 0 amide bonds. The van der Waals surface area contributed by atoms with Crippen LogP contribution < -0.4 is 10.1 Å². The molecule has 0 unspecified atom stereocenters. The van der Waals surface area contributed by atoms with E-state index in [1.165, 1.54) is 10.6 Å². The Kier molecular flexibility index (Phi) is 3.57. The first-order chi connectivity index (χ1) is 13.4. The van der Waals surface area contributed by atoms with Gasteiger partial charge in [0, 0.05) is 29.6 Å². The fraction of sp³-hybridized carbons (Fsp3) is 0.316. The number of aromatic nitrogens is 5. The monoisotopic (exact) mass is 382 g/mol. The number of fused-ring (bicyclic) bond motifs is 2. The first-order valence-corrected chi connectivity index (χ1v) is 8.98. The number of ether oxygens (including phenoxy) is 1. The van der Waals surface area contributed by atoms with Crippen molar-refractivity contribution in [2.24, 2.45) is 0 Å². The van der Waals surface area contributed by atoms with Crippen molar-refractivity contribution in [3.63, 3.8) is 0 Å². The van der Waals surface area contributed by atoms with Crippen molar-refractivity contribution in [3.8, 4) is 17.0 Å². The van der Waals surface area contributed by atoms with Crippen LogP contribution in [0, 0.1) is 5.95 Å². The van der Waals surface area contributed by atoms with E-state index in [1.807, 2.05) is 13.0 Å². The molecule has 28 heavy (non-hydrogen) atoms. The molecule has 0 aromatic carbocycles. The Bertz CT molecular complexity index is 1190. The first-order valence-electron chi connectivity index (χ1n) is 8.98. The van der Waals surface area contributed by atoms with Crippen molar-refractivity contribution in [1.29, 1.82) is 0 Å². The molecule has 1 aliphatic carbocycles. The van der Waals surface area contributed by atoms with Crippen molar-refractivity contribution >= 4 is 22.6 Å². The normalized spacial score (nSPS) is 21.8. The fourth-order valence-electron chi connectivity index (χ4n) is 3.84. The van der Waals surface area contributed by atoms with Gasteiger partial charge in [-0.3, -0.25) is 4.40 Å². The van der Waals surface area contributed by atoms with Gasteiger partial charge in [-0.1, -0.05) is 0 Å². The van der Waals surface area contributed by atoms with E-state index in [-0.39, 0.29) is 6.04 Å². The molecule has 4 heterocycles. The summed E-state index contributed by atoms with van der Waals surface area (Å²) < 4.78 is 20.8. The Labute approximate surface area is 159 Å². The van der Waals surface area contributed by atoms with Gasteiger partial charge in [0.05, 0.1) is 24.3 Å². The lowest BCUT2D eigenvalue weighted by molar-refractivity contribution is -0.0236. The zero-order valence-electron chi connectivity index (χ0n) is 15.4. The largest absolute Gasteiger partial charge is 0.480 e. The number of nitrogens with one attached hydrogen (secondary N) is 2. The van der Waals surface area contributed by atoms with Gasteiger partial charge in [0.15, 0.2) is 0 Å². The minimum absolute atomic E-state index is 0.123. The Hall–Kier alpha value is -3.20. The summed E-state index contributed by atoms with van der Waals surface area (Å²) in [6.07, 6.45) is 5.96. The van der Waals surface area contributed by atoms with Crippen LogP contribution in [0.4, 0.5) is 10.3 Å². The van der Waals surface area contributed by atoms with Gasteiger partial charge in [0.25, 0.3) is 0 Å². The summed E-state index contributed by atoms with van der Waals surface area (Å²) in [6.45, 7) is 1.81. The topological polar surface area (TPSA) is 100 Å². The summed E-state index contributed by atoms with van der Waals surface area (Å²) in [5.41, 5.74) is 2.11. The number of aromatic amines is 1. The standard InChI is InChI=1S/C19H19FN6O2/c1-19(27)5-11(6-19)23-18-24-16-15(17(25-18)28-2)12(7-22-16)10-3-4-14-21-8-13(20)26(14)9-10/h3-4,7-9,11,27H,5-6H2,1-2H3,(H2,22,23,24,25). The molecule has 0 atom stereocenters. The summed E-state index contributed by atoms with van der Waals surface area (Å²) in [6, 6.07) is 3.74. The molecule has 4 aromatic rings. The second-order valence-electron chi connectivity index (χ2n) is 7.46. The summed E-state index contributed by atoms with van der Waals surface area (Å²) in [7, 11) is 1.55. The minimum Gasteiger partial charge on any atom is -0.480 e. The van der Waals surface area contributed by atoms with Gasteiger partial charge in [0.2, 0.25) is 17.8 Å². The smallest absolute Gasteiger partial charge is 0.228 e. The van der Waals surface area contributed by atoms with E-state index in [0.29, 0.717) is 41.4 Å². The SMILES string of the molecule is COc1nc(NC2CC(C)(O)C2)nc2[nH]cc(-c3ccc4ncc(F)n4c3)c12. The van der Waals surface area contributed by atoms with Crippen molar-refractivity contribution in [3.05, 3.63) is 36.7 Å². The molecule has 4 aromatic heterocycles. The molecule has 0 bridgehead atoms. The highest BCUT2D eigenvalue weighted by atomic mass is 19.1. The Morgan fingerprint density at radius 2 is 2.18 bits per heavy atom. The number of anilines is 1. The highest BCUT2D eigenvalue weighted by Gasteiger charge is 2.38. The molecule has 144 valence electrons. The predicted molar refractivity (Wildman–Crippen MR) is 102 cm³/mol. The first kappa shape index (κ1) is 16.9. The van der Waals surface area contributed by atoms with Gasteiger partial charge in [-0.25, -0.2) is 4.98 Å². The van der Waals surface area contributed by atoms with Crippen LogP contribution in [0.5, 0.6) is 5.88 Å². The molecule has 8 nitrogen and oxygen atoms in total. The van der Waals surface area contributed by atoms with Gasteiger partial charge >= 0.3 is 0 Å². The van der Waals surface area contributed by atoms with Crippen LogP contribution in [0.25, 0.3) is 27.8 Å². The second kappa shape index (κ2) is 5.90. The third kappa shape index (κ3) is 2.66. The third-order valence-electron chi connectivity index (χ3n) is 5.17. The second-order valence-corrected chi connectivity index (χ2v) is 7.46. The molecule has 9 heteroatoms. The Morgan fingerprint density at radius 1 is 1.36 bits per heavy atom. The molecule has 0 spiro atoms. The molecule has 1 saturated carbocycles. The number of imidazole rings is 1. The zero-order valence-corrected chi connectivity index (χ0v) is 15.4.